The van der Waals surface area contributed by atoms with E-state index in [1.54, 1.807) is 24.1 Å². The van der Waals surface area contributed by atoms with Gasteiger partial charge < -0.3 is 4.90 Å². The molecule has 31 heavy (non-hydrogen) atoms. The number of fused-ring (bicyclic) bond motifs is 1. The number of anilines is 1. The SMILES string of the molecule is CN(CC(ON1C(=O)c2ccccc2C1=O)C(=O)c1ccc(F)cc1)c1ccccc1. The minimum Gasteiger partial charge on any atom is -0.371 e. The molecule has 3 aromatic carbocycles. The van der Waals surface area contributed by atoms with E-state index < -0.39 is 29.5 Å². The number of para-hydroxylation sites is 1. The summed E-state index contributed by atoms with van der Waals surface area (Å²) in [5, 5.41) is 0.635. The van der Waals surface area contributed by atoms with E-state index in [0.717, 1.165) is 5.69 Å². The van der Waals surface area contributed by atoms with Crippen LogP contribution in [-0.4, -0.2) is 42.4 Å². The molecule has 1 heterocycles. The molecule has 4 rings (SSSR count). The second kappa shape index (κ2) is 8.49. The number of hydroxylamine groups is 2. The van der Waals surface area contributed by atoms with Crippen LogP contribution in [-0.2, 0) is 4.84 Å². The number of rotatable bonds is 7. The fourth-order valence-corrected chi connectivity index (χ4v) is 3.39. The van der Waals surface area contributed by atoms with Gasteiger partial charge in [0.2, 0.25) is 0 Å². The number of hydrogen-bond donors (Lipinski definition) is 0. The minimum absolute atomic E-state index is 0.0631. The molecule has 1 aliphatic heterocycles. The summed E-state index contributed by atoms with van der Waals surface area (Å²) in [6.07, 6.45) is -1.18. The monoisotopic (exact) mass is 418 g/mol. The predicted molar refractivity (Wildman–Crippen MR) is 112 cm³/mol. The first-order valence-corrected chi connectivity index (χ1v) is 9.66. The molecule has 1 unspecified atom stereocenters. The lowest BCUT2D eigenvalue weighted by molar-refractivity contribution is -0.114. The van der Waals surface area contributed by atoms with Crippen molar-refractivity contribution < 1.29 is 23.6 Å². The summed E-state index contributed by atoms with van der Waals surface area (Å²) in [4.78, 5) is 46.1. The third-order valence-corrected chi connectivity index (χ3v) is 5.05. The summed E-state index contributed by atoms with van der Waals surface area (Å²) in [7, 11) is 1.77. The van der Waals surface area contributed by atoms with Crippen LogP contribution >= 0.6 is 0 Å². The van der Waals surface area contributed by atoms with E-state index in [9.17, 15) is 18.8 Å². The standard InChI is InChI=1S/C24H19FN2O4/c1-26(18-7-3-2-4-8-18)15-21(22(28)16-11-13-17(25)14-12-16)31-27-23(29)19-9-5-6-10-20(19)24(27)30/h2-14,21H,15H2,1H3. The Balaban J connectivity index is 1.62. The molecular weight excluding hydrogens is 399 g/mol. The van der Waals surface area contributed by atoms with E-state index in [1.807, 2.05) is 30.3 Å². The lowest BCUT2D eigenvalue weighted by Gasteiger charge is -2.27. The van der Waals surface area contributed by atoms with Crippen molar-refractivity contribution in [2.75, 3.05) is 18.5 Å². The van der Waals surface area contributed by atoms with Crippen LogP contribution in [0.2, 0.25) is 0 Å². The molecule has 6 nitrogen and oxygen atoms in total. The van der Waals surface area contributed by atoms with Crippen LogP contribution in [0.5, 0.6) is 0 Å². The number of Topliss-reactive ketones (excluding diaryl/α,β-unsaturated/α-hetero) is 1. The van der Waals surface area contributed by atoms with Crippen LogP contribution in [0.25, 0.3) is 0 Å². The van der Waals surface area contributed by atoms with Gasteiger partial charge in [-0.3, -0.25) is 14.4 Å². The second-order valence-electron chi connectivity index (χ2n) is 7.13. The minimum atomic E-state index is -1.18. The van der Waals surface area contributed by atoms with Gasteiger partial charge in [-0.2, -0.15) is 0 Å². The molecule has 1 atom stereocenters. The molecule has 0 fully saturated rings. The molecule has 0 aliphatic carbocycles. The summed E-state index contributed by atoms with van der Waals surface area (Å²) < 4.78 is 13.3. The van der Waals surface area contributed by atoms with Gasteiger partial charge in [0.15, 0.2) is 11.9 Å². The molecule has 3 aromatic rings. The maximum atomic E-state index is 13.3. The number of carbonyl (C=O) groups excluding carboxylic acids is 3. The topological polar surface area (TPSA) is 66.9 Å². The number of amides is 2. The van der Waals surface area contributed by atoms with Gasteiger partial charge in [0.05, 0.1) is 17.7 Å². The number of ketones is 1. The highest BCUT2D eigenvalue weighted by atomic mass is 19.1. The zero-order valence-electron chi connectivity index (χ0n) is 16.7. The van der Waals surface area contributed by atoms with Crippen LogP contribution in [0.4, 0.5) is 10.1 Å². The Kier molecular flexibility index (Phi) is 5.60. The molecule has 2 amide bonds. The van der Waals surface area contributed by atoms with Gasteiger partial charge in [0.1, 0.15) is 5.82 Å². The Morgan fingerprint density at radius 2 is 1.45 bits per heavy atom. The molecule has 0 N–H and O–H groups in total. The number of likely N-dealkylation sites (N-methyl/N-ethyl adjacent to an activating group) is 1. The highest BCUT2D eigenvalue weighted by molar-refractivity contribution is 6.20. The fourth-order valence-electron chi connectivity index (χ4n) is 3.39. The third kappa shape index (κ3) is 4.08. The van der Waals surface area contributed by atoms with Crippen molar-refractivity contribution in [3.63, 3.8) is 0 Å². The molecule has 1 aliphatic rings. The lowest BCUT2D eigenvalue weighted by atomic mass is 10.1. The average molecular weight is 418 g/mol. The normalized spacial score (nSPS) is 13.8. The van der Waals surface area contributed by atoms with Gasteiger partial charge in [-0.05, 0) is 48.5 Å². The number of benzene rings is 3. The molecule has 0 bridgehead atoms. The van der Waals surface area contributed by atoms with E-state index in [2.05, 4.69) is 0 Å². The molecule has 0 aromatic heterocycles. The Morgan fingerprint density at radius 3 is 2.03 bits per heavy atom. The number of hydrogen-bond acceptors (Lipinski definition) is 5. The predicted octanol–water partition coefficient (Wildman–Crippen LogP) is 3.74. The molecule has 0 saturated carbocycles. The lowest BCUT2D eigenvalue weighted by Crippen LogP contribution is -2.44. The van der Waals surface area contributed by atoms with E-state index >= 15 is 0 Å². The number of halogens is 1. The van der Waals surface area contributed by atoms with Crippen LogP contribution in [0, 0.1) is 5.82 Å². The maximum absolute atomic E-state index is 13.3. The van der Waals surface area contributed by atoms with E-state index in [0.29, 0.717) is 5.06 Å². The zero-order chi connectivity index (χ0) is 22.0. The number of imide groups is 1. The maximum Gasteiger partial charge on any atom is 0.285 e. The summed E-state index contributed by atoms with van der Waals surface area (Å²) in [6, 6.07) is 20.7. The molecule has 0 spiro atoms. The molecule has 0 radical (unpaired) electrons. The Hall–Kier alpha value is -3.84. The van der Waals surface area contributed by atoms with Crippen LogP contribution in [0.15, 0.2) is 78.9 Å². The molecule has 0 saturated heterocycles. The van der Waals surface area contributed by atoms with Crippen molar-refractivity contribution in [3.8, 4) is 0 Å². The highest BCUT2D eigenvalue weighted by Gasteiger charge is 2.39. The van der Waals surface area contributed by atoms with E-state index in [-0.39, 0.29) is 23.2 Å². The van der Waals surface area contributed by atoms with Crippen molar-refractivity contribution >= 4 is 23.3 Å². The van der Waals surface area contributed by atoms with Gasteiger partial charge in [-0.15, -0.1) is 5.06 Å². The fraction of sp³-hybridized carbons (Fsp3) is 0.125. The van der Waals surface area contributed by atoms with Gasteiger partial charge >= 0.3 is 0 Å². The second-order valence-corrected chi connectivity index (χ2v) is 7.13. The van der Waals surface area contributed by atoms with Gasteiger partial charge in [0.25, 0.3) is 11.8 Å². The van der Waals surface area contributed by atoms with Crippen molar-refractivity contribution in [3.05, 3.63) is 101 Å². The van der Waals surface area contributed by atoms with Gasteiger partial charge in [0, 0.05) is 18.3 Å². The van der Waals surface area contributed by atoms with E-state index in [1.165, 1.54) is 36.4 Å². The summed E-state index contributed by atoms with van der Waals surface area (Å²) in [6.45, 7) is 0.0631. The number of nitrogens with zero attached hydrogens (tertiary/aromatic N) is 2. The van der Waals surface area contributed by atoms with Crippen molar-refractivity contribution in [2.45, 2.75) is 6.10 Å². The first-order chi connectivity index (χ1) is 15.0. The van der Waals surface area contributed by atoms with Crippen molar-refractivity contribution in [1.82, 2.24) is 5.06 Å². The smallest absolute Gasteiger partial charge is 0.285 e. The number of carbonyl (C=O) groups is 3. The van der Waals surface area contributed by atoms with Crippen molar-refractivity contribution in [1.29, 1.82) is 0 Å². The zero-order valence-corrected chi connectivity index (χ0v) is 16.7. The Morgan fingerprint density at radius 1 is 0.903 bits per heavy atom. The van der Waals surface area contributed by atoms with E-state index in [4.69, 9.17) is 4.84 Å². The van der Waals surface area contributed by atoms with Crippen LogP contribution in [0.1, 0.15) is 31.1 Å². The Bertz CT molecular complexity index is 1100. The van der Waals surface area contributed by atoms with Crippen LogP contribution < -0.4 is 4.90 Å². The van der Waals surface area contributed by atoms with Gasteiger partial charge in [-0.25, -0.2) is 9.23 Å². The summed E-state index contributed by atoms with van der Waals surface area (Å²) in [5.74, 6) is -2.20. The largest absolute Gasteiger partial charge is 0.371 e. The molecule has 7 heteroatoms. The quantitative estimate of drug-likeness (QED) is 0.432. The average Bonchev–Trinajstić information content (AvgIpc) is 3.04. The molecular formula is C24H19FN2O4. The summed E-state index contributed by atoms with van der Waals surface area (Å²) in [5.41, 5.74) is 1.48. The molecule has 156 valence electrons. The van der Waals surface area contributed by atoms with Crippen molar-refractivity contribution in [2.24, 2.45) is 0 Å². The first-order valence-electron chi connectivity index (χ1n) is 9.66. The first kappa shape index (κ1) is 20.4. The van der Waals surface area contributed by atoms with Crippen LogP contribution in [0.3, 0.4) is 0 Å². The Labute approximate surface area is 178 Å². The third-order valence-electron chi connectivity index (χ3n) is 5.05. The summed E-state index contributed by atoms with van der Waals surface area (Å²) >= 11 is 0. The highest BCUT2D eigenvalue weighted by Crippen LogP contribution is 2.25. The van der Waals surface area contributed by atoms with Gasteiger partial charge in [-0.1, -0.05) is 30.3 Å².